The third kappa shape index (κ3) is 4.39. The lowest BCUT2D eigenvalue weighted by Gasteiger charge is -2.31. The van der Waals surface area contributed by atoms with Crippen molar-refractivity contribution in [2.24, 2.45) is 5.92 Å². The minimum atomic E-state index is -0.341. The fourth-order valence-corrected chi connectivity index (χ4v) is 3.61. The highest BCUT2D eigenvalue weighted by molar-refractivity contribution is 5.34. The van der Waals surface area contributed by atoms with Crippen molar-refractivity contribution in [1.82, 2.24) is 19.7 Å². The first-order valence-electron chi connectivity index (χ1n) is 9.76. The molecule has 2 heterocycles. The van der Waals surface area contributed by atoms with Gasteiger partial charge in [0.2, 0.25) is 0 Å². The van der Waals surface area contributed by atoms with Gasteiger partial charge >= 0.3 is 6.01 Å². The summed E-state index contributed by atoms with van der Waals surface area (Å²) in [7, 11) is 0. The minimum absolute atomic E-state index is 0.341. The number of nitrogens with zero attached hydrogens (tertiary/aromatic N) is 4. The summed E-state index contributed by atoms with van der Waals surface area (Å²) >= 11 is 0. The molecule has 5 nitrogen and oxygen atoms in total. The van der Waals surface area contributed by atoms with Gasteiger partial charge < -0.3 is 4.74 Å². The smallest absolute Gasteiger partial charge is 0.320 e. The highest BCUT2D eigenvalue weighted by Crippen LogP contribution is 2.22. The van der Waals surface area contributed by atoms with E-state index in [4.69, 9.17) is 4.74 Å². The molecule has 0 radical (unpaired) electrons. The summed E-state index contributed by atoms with van der Waals surface area (Å²) in [6.45, 7) is 5.47. The van der Waals surface area contributed by atoms with E-state index in [1.807, 2.05) is 0 Å². The van der Waals surface area contributed by atoms with Gasteiger partial charge in [-0.15, -0.1) is 5.10 Å². The van der Waals surface area contributed by atoms with Crippen molar-refractivity contribution in [2.75, 3.05) is 19.7 Å². The Kier molecular flexibility index (Phi) is 5.67. The Morgan fingerprint density at radius 1 is 1.04 bits per heavy atom. The maximum absolute atomic E-state index is 14.1. The highest BCUT2D eigenvalue weighted by Gasteiger charge is 2.21. The van der Waals surface area contributed by atoms with E-state index in [1.54, 1.807) is 25.1 Å². The topological polar surface area (TPSA) is 43.2 Å². The van der Waals surface area contributed by atoms with Crippen LogP contribution in [0.5, 0.6) is 6.01 Å². The van der Waals surface area contributed by atoms with E-state index in [-0.39, 0.29) is 5.82 Å². The van der Waals surface area contributed by atoms with Crippen molar-refractivity contribution in [3.8, 4) is 11.7 Å². The molecule has 1 aliphatic rings. The van der Waals surface area contributed by atoms with Gasteiger partial charge in [0.1, 0.15) is 11.5 Å². The second-order valence-corrected chi connectivity index (χ2v) is 7.32. The molecule has 0 atom stereocenters. The lowest BCUT2D eigenvalue weighted by molar-refractivity contribution is 0.131. The molecule has 0 bridgehead atoms. The fourth-order valence-electron chi connectivity index (χ4n) is 3.61. The van der Waals surface area contributed by atoms with Gasteiger partial charge in [-0.1, -0.05) is 42.5 Å². The Bertz CT molecular complexity index is 904. The summed E-state index contributed by atoms with van der Waals surface area (Å²) in [5.74, 6) is 0.695. The molecule has 2 aromatic carbocycles. The molecule has 0 N–H and O–H groups in total. The van der Waals surface area contributed by atoms with Crippen molar-refractivity contribution in [3.63, 3.8) is 0 Å². The zero-order valence-corrected chi connectivity index (χ0v) is 16.1. The molecule has 0 spiro atoms. The summed E-state index contributed by atoms with van der Waals surface area (Å²) in [5, 5.41) is 4.30. The SMILES string of the molecule is Cc1nc(OCC2CCN(Cc3ccccc3)CC2)n(-c2ccccc2F)n1. The minimum Gasteiger partial charge on any atom is -0.463 e. The predicted octanol–water partition coefficient (Wildman–Crippen LogP) is 4.01. The van der Waals surface area contributed by atoms with Gasteiger partial charge in [0.25, 0.3) is 0 Å². The van der Waals surface area contributed by atoms with Gasteiger partial charge in [-0.25, -0.2) is 4.39 Å². The summed E-state index contributed by atoms with van der Waals surface area (Å²) in [6, 6.07) is 17.5. The predicted molar refractivity (Wildman–Crippen MR) is 106 cm³/mol. The van der Waals surface area contributed by atoms with Crippen molar-refractivity contribution < 1.29 is 9.13 Å². The summed E-state index contributed by atoms with van der Waals surface area (Å²) in [4.78, 5) is 6.82. The van der Waals surface area contributed by atoms with Crippen LogP contribution in [0.15, 0.2) is 54.6 Å². The standard InChI is InChI=1S/C22H25FN4O/c1-17-24-22(27(25-17)21-10-6-5-9-20(21)23)28-16-19-11-13-26(14-12-19)15-18-7-3-2-4-8-18/h2-10,19H,11-16H2,1H3. The third-order valence-corrected chi connectivity index (χ3v) is 5.17. The quantitative estimate of drug-likeness (QED) is 0.648. The van der Waals surface area contributed by atoms with E-state index < -0.39 is 0 Å². The van der Waals surface area contributed by atoms with Gasteiger partial charge in [0.05, 0.1) is 6.61 Å². The van der Waals surface area contributed by atoms with Gasteiger partial charge in [-0.3, -0.25) is 4.90 Å². The van der Waals surface area contributed by atoms with Crippen LogP contribution in [0, 0.1) is 18.7 Å². The number of piperidine rings is 1. The molecule has 6 heteroatoms. The number of benzene rings is 2. The second kappa shape index (κ2) is 8.52. The van der Waals surface area contributed by atoms with Crippen molar-refractivity contribution in [2.45, 2.75) is 26.3 Å². The van der Waals surface area contributed by atoms with Crippen LogP contribution < -0.4 is 4.74 Å². The van der Waals surface area contributed by atoms with Crippen LogP contribution in [0.2, 0.25) is 0 Å². The zero-order chi connectivity index (χ0) is 19.3. The molecule has 1 saturated heterocycles. The second-order valence-electron chi connectivity index (χ2n) is 7.32. The van der Waals surface area contributed by atoms with Crippen molar-refractivity contribution in [1.29, 1.82) is 0 Å². The van der Waals surface area contributed by atoms with Crippen LogP contribution in [0.1, 0.15) is 24.2 Å². The van der Waals surface area contributed by atoms with Crippen molar-refractivity contribution >= 4 is 0 Å². The number of likely N-dealkylation sites (tertiary alicyclic amines) is 1. The molecule has 0 amide bonds. The van der Waals surface area contributed by atoms with Gasteiger partial charge in [-0.2, -0.15) is 9.67 Å². The Balaban J connectivity index is 1.33. The number of para-hydroxylation sites is 1. The van der Waals surface area contributed by atoms with E-state index >= 15 is 0 Å². The van der Waals surface area contributed by atoms with E-state index in [0.717, 1.165) is 32.5 Å². The molecule has 0 aliphatic carbocycles. The van der Waals surface area contributed by atoms with E-state index in [2.05, 4.69) is 45.3 Å². The van der Waals surface area contributed by atoms with Gasteiger partial charge in [0, 0.05) is 6.54 Å². The molecule has 0 unspecified atom stereocenters. The molecule has 28 heavy (non-hydrogen) atoms. The first kappa shape index (κ1) is 18.6. The van der Waals surface area contributed by atoms with Crippen LogP contribution in [0.3, 0.4) is 0 Å². The number of aryl methyl sites for hydroxylation is 1. The number of ether oxygens (including phenoxy) is 1. The van der Waals surface area contributed by atoms with E-state index in [1.165, 1.54) is 16.3 Å². The number of halogens is 1. The monoisotopic (exact) mass is 380 g/mol. The molecule has 0 saturated carbocycles. The summed E-state index contributed by atoms with van der Waals surface area (Å²) in [6.07, 6.45) is 2.17. The Morgan fingerprint density at radius 3 is 2.50 bits per heavy atom. The van der Waals surface area contributed by atoms with Crippen LogP contribution >= 0.6 is 0 Å². The normalized spacial score (nSPS) is 15.6. The molecule has 146 valence electrons. The Hall–Kier alpha value is -2.73. The van der Waals surface area contributed by atoms with Crippen molar-refractivity contribution in [3.05, 3.63) is 71.8 Å². The molecule has 1 aliphatic heterocycles. The molecule has 1 fully saturated rings. The lowest BCUT2D eigenvalue weighted by Crippen LogP contribution is -2.35. The number of aromatic nitrogens is 3. The largest absolute Gasteiger partial charge is 0.463 e. The van der Waals surface area contributed by atoms with Gasteiger partial charge in [0.15, 0.2) is 5.82 Å². The summed E-state index contributed by atoms with van der Waals surface area (Å²) < 4.78 is 21.5. The maximum atomic E-state index is 14.1. The molecule has 3 aromatic rings. The maximum Gasteiger partial charge on any atom is 0.320 e. The molecule has 1 aromatic heterocycles. The number of hydrogen-bond donors (Lipinski definition) is 0. The Labute approximate surface area is 164 Å². The highest BCUT2D eigenvalue weighted by atomic mass is 19.1. The lowest BCUT2D eigenvalue weighted by atomic mass is 9.97. The Morgan fingerprint density at radius 2 is 1.75 bits per heavy atom. The first-order valence-corrected chi connectivity index (χ1v) is 9.76. The van der Waals surface area contributed by atoms with Crippen LogP contribution in [0.25, 0.3) is 5.69 Å². The van der Waals surface area contributed by atoms with E-state index in [9.17, 15) is 4.39 Å². The number of hydrogen-bond acceptors (Lipinski definition) is 4. The first-order chi connectivity index (χ1) is 13.7. The third-order valence-electron chi connectivity index (χ3n) is 5.17. The number of rotatable bonds is 6. The summed E-state index contributed by atoms with van der Waals surface area (Å²) in [5.41, 5.74) is 1.71. The van der Waals surface area contributed by atoms with Gasteiger partial charge in [-0.05, 0) is 56.5 Å². The fraction of sp³-hybridized carbons (Fsp3) is 0.364. The molecular formula is C22H25FN4O. The zero-order valence-electron chi connectivity index (χ0n) is 16.1. The van der Waals surface area contributed by atoms with Crippen LogP contribution in [-0.4, -0.2) is 39.4 Å². The average molecular weight is 380 g/mol. The molecule has 4 rings (SSSR count). The average Bonchev–Trinajstić information content (AvgIpc) is 3.09. The molecular weight excluding hydrogens is 355 g/mol. The van der Waals surface area contributed by atoms with Crippen LogP contribution in [0.4, 0.5) is 4.39 Å². The van der Waals surface area contributed by atoms with E-state index in [0.29, 0.717) is 30.0 Å². The van der Waals surface area contributed by atoms with Crippen LogP contribution in [-0.2, 0) is 6.54 Å².